The molecule has 5 fully saturated rings. The number of fused-ring (bicyclic) bond motifs is 3. The summed E-state index contributed by atoms with van der Waals surface area (Å²) in [6.07, 6.45) is 22.7. The molecular weight excluding hydrogens is 1690 g/mol. The molecule has 5 atom stereocenters. The molecule has 4 amide bonds. The molecule has 10 aromatic rings. The molecule has 0 spiro atoms. The van der Waals surface area contributed by atoms with Crippen molar-refractivity contribution in [3.8, 4) is 46.7 Å². The number of aromatic amines is 4. The van der Waals surface area contributed by atoms with E-state index in [2.05, 4.69) is 140 Å². The lowest BCUT2D eigenvalue weighted by Gasteiger charge is -2.28. The van der Waals surface area contributed by atoms with Crippen molar-refractivity contribution in [1.29, 1.82) is 0 Å². The molecule has 5 saturated heterocycles. The Labute approximate surface area is 720 Å². The van der Waals surface area contributed by atoms with Gasteiger partial charge in [-0.1, -0.05) is 102 Å². The lowest BCUT2D eigenvalue weighted by Crippen LogP contribution is -3.00. The molecule has 618 valence electrons. The number of nitrogens with zero attached hydrogens (tertiary/aromatic N) is 8. The number of nitrogens with two attached hydrogens (primary N) is 2. The smallest absolute Gasteiger partial charge is 0.411 e. The lowest BCUT2D eigenvalue weighted by molar-refractivity contribution is -0.374. The SMILES string of the molecule is C#C[C@@H]1CCCN1C(=O)OC(C)(C)C.CC(C)(C)OC(=O)N1CCC[C@H]1C#Cc1ccnc(Cl)c1N.CC(C)(C)OC(=O)N1CCC[C@H]1c1cc2ccnc(-c3ccccc3)c2[nH]1.CC(C)(C)OC(=O)N1CCC[C@H]1c1cc2ccnc(Cl)c2[nH]1.Cl.Nc1c(I)cc[nH+]c1Cl.[Cl-].c1ccc(-c2nccc3cc([C@@H]4CCCN4)[nH]c23)cc1. The fraction of sp³-hybridized carbons (Fsp3) is 0.414. The van der Waals surface area contributed by atoms with Gasteiger partial charge >= 0.3 is 24.4 Å². The number of carbonyl (C=O) groups excluding carboxylic acids is 4. The Hall–Kier alpha value is -9.25. The van der Waals surface area contributed by atoms with Crippen LogP contribution in [0.2, 0.25) is 15.5 Å². The Morgan fingerprint density at radius 1 is 0.509 bits per heavy atom. The van der Waals surface area contributed by atoms with E-state index in [1.807, 2.05) is 149 Å². The summed E-state index contributed by atoms with van der Waals surface area (Å²) in [6.45, 7) is 26.4. The number of benzene rings is 2. The normalized spacial score (nSPS) is 17.6. The molecule has 0 radical (unpaired) electrons. The summed E-state index contributed by atoms with van der Waals surface area (Å²) < 4.78 is 22.7. The number of pyridine rings is 5. The van der Waals surface area contributed by atoms with Gasteiger partial charge in [0.25, 0.3) is 5.15 Å². The molecule has 23 nitrogen and oxygen atoms in total. The number of aromatic nitrogens is 8. The van der Waals surface area contributed by atoms with Crippen LogP contribution in [0.25, 0.3) is 55.2 Å². The largest absolute Gasteiger partial charge is 1.00 e. The minimum atomic E-state index is -0.513. The maximum atomic E-state index is 12.6. The molecule has 0 saturated carbocycles. The fourth-order valence-electron chi connectivity index (χ4n) is 13.7. The first kappa shape index (κ1) is 92.3. The van der Waals surface area contributed by atoms with Gasteiger partial charge in [-0.3, -0.25) is 29.6 Å². The molecule has 0 unspecified atom stereocenters. The predicted octanol–water partition coefficient (Wildman–Crippen LogP) is 17.1. The van der Waals surface area contributed by atoms with Gasteiger partial charge in [0, 0.05) is 111 Å². The summed E-state index contributed by atoms with van der Waals surface area (Å²) in [5, 5.41) is 8.08. The molecule has 29 heteroatoms. The summed E-state index contributed by atoms with van der Waals surface area (Å²) in [5.74, 6) is 8.69. The molecule has 0 bridgehead atoms. The molecule has 9 N–H and O–H groups in total. The van der Waals surface area contributed by atoms with Crippen molar-refractivity contribution >= 4 is 138 Å². The Kier molecular flexibility index (Phi) is 32.8. The first-order chi connectivity index (χ1) is 54.1. The van der Waals surface area contributed by atoms with Gasteiger partial charge in [0.1, 0.15) is 28.1 Å². The van der Waals surface area contributed by atoms with E-state index < -0.39 is 22.4 Å². The standard InChI is InChI=1S/C22H25N3O2.C17H17N3.2C16H20ClN3O2.C11H17NO2.C5H4ClIN2.2ClH/c1-22(2,3)27-21(26)25-13-7-10-18(25)17-14-16-11-12-23-19(20(16)24-17)15-8-5-4-6-9-15;1-2-5-12(6-3-1)16-17-13(8-10-19-16)11-15(20-17)14-7-4-9-18-14;1-16(2,3)22-15(21)20-8-4-5-12(20)11-9-10-6-7-18-14(17)13(10)19-11;1-16(2,3)22-15(21)20-10-4-5-12(20)7-6-11-8-9-19-14(17)13(11)18;1-5-9-7-6-8-12(9)10(13)14-11(2,3)4;6-5-4(8)3(7)1-2-9-5;;/h4-6,8-9,11-12,14,18,24H,7,10,13H2,1-3H3;1-3,5-6,8,10-11,14,18,20H,4,7,9H2;6-7,9,12,19H,4-5,8H2,1-3H3;8-9,12H,4-5,10,18H2,1-3H3;1,9H,6-8H2,2-4H3;1-2H,8H2;2*1H/t18-;14-;2*12-;9-;;;/m00001.../s1. The van der Waals surface area contributed by atoms with Crippen LogP contribution < -0.4 is 34.2 Å². The van der Waals surface area contributed by atoms with Crippen LogP contribution in [-0.4, -0.2) is 146 Å². The van der Waals surface area contributed by atoms with Crippen molar-refractivity contribution in [3.63, 3.8) is 0 Å². The van der Waals surface area contributed by atoms with Gasteiger partial charge in [0.05, 0.1) is 63.4 Å². The maximum Gasteiger partial charge on any atom is 0.411 e. The van der Waals surface area contributed by atoms with E-state index in [1.165, 1.54) is 23.9 Å². The van der Waals surface area contributed by atoms with Gasteiger partial charge in [-0.05, 0) is 230 Å². The molecule has 2 aromatic carbocycles. The second-order valence-corrected chi connectivity index (χ2v) is 34.5. The van der Waals surface area contributed by atoms with Gasteiger partial charge in [0.2, 0.25) is 0 Å². The molecule has 0 aliphatic carbocycles. The average Bonchev–Trinajstić information content (AvgIpc) is 1.64. The molecule has 13 heterocycles. The van der Waals surface area contributed by atoms with Gasteiger partial charge in [-0.15, -0.1) is 18.8 Å². The van der Waals surface area contributed by atoms with Crippen LogP contribution >= 0.6 is 69.8 Å². The third-order valence-electron chi connectivity index (χ3n) is 18.9. The van der Waals surface area contributed by atoms with Crippen LogP contribution in [0.15, 0.2) is 140 Å². The third-order valence-corrected chi connectivity index (χ3v) is 20.7. The number of anilines is 2. The number of ether oxygens (including phenoxy) is 4. The first-order valence-corrected chi connectivity index (χ1v) is 40.7. The monoisotopic (exact) mass is 1790 g/mol. The number of hydrogen-bond acceptors (Lipinski definition) is 15. The first-order valence-electron chi connectivity index (χ1n) is 38.5. The molecular formula is C87H105Cl5IN15O8. The molecule has 15 rings (SSSR count). The molecule has 5 aliphatic heterocycles. The zero-order valence-corrected chi connectivity index (χ0v) is 73.6. The highest BCUT2D eigenvalue weighted by atomic mass is 127. The predicted molar refractivity (Wildman–Crippen MR) is 468 cm³/mol. The van der Waals surface area contributed by atoms with E-state index >= 15 is 0 Å². The summed E-state index contributed by atoms with van der Waals surface area (Å²) >= 11 is 19.7. The fourth-order valence-corrected chi connectivity index (χ4v) is 14.8. The summed E-state index contributed by atoms with van der Waals surface area (Å²) in [7, 11) is 0. The highest BCUT2D eigenvalue weighted by Gasteiger charge is 2.37. The summed E-state index contributed by atoms with van der Waals surface area (Å²) in [5.41, 5.74) is 21.5. The number of nitrogens with one attached hydrogen (secondary N) is 5. The minimum Gasteiger partial charge on any atom is -1.00 e. The third kappa shape index (κ3) is 25.4. The molecule has 8 aromatic heterocycles. The summed E-state index contributed by atoms with van der Waals surface area (Å²) in [6, 6.07) is 36.7. The minimum absolute atomic E-state index is 0. The number of likely N-dealkylation sites (tertiary alicyclic amines) is 4. The second kappa shape index (κ2) is 41.2. The topological polar surface area (TPSA) is 295 Å². The lowest BCUT2D eigenvalue weighted by atomic mass is 10.1. The van der Waals surface area contributed by atoms with E-state index in [0.29, 0.717) is 52.9 Å². The van der Waals surface area contributed by atoms with E-state index in [0.717, 1.165) is 129 Å². The number of carbonyl (C=O) groups is 4. The number of rotatable bonds is 5. The van der Waals surface area contributed by atoms with E-state index in [4.69, 9.17) is 71.6 Å². The zero-order valence-electron chi connectivity index (χ0n) is 67.6. The average molecular weight is 1790 g/mol. The maximum absolute atomic E-state index is 12.6. The Balaban J connectivity index is 0.000000177. The number of halogens is 6. The van der Waals surface area contributed by atoms with Gasteiger partial charge < -0.3 is 63.1 Å². The van der Waals surface area contributed by atoms with Crippen molar-refractivity contribution in [1.82, 2.24) is 59.8 Å². The number of terminal acetylenes is 1. The Morgan fingerprint density at radius 3 is 1.36 bits per heavy atom. The van der Waals surface area contributed by atoms with Crippen LogP contribution in [0.3, 0.4) is 0 Å². The molecule has 5 aliphatic rings. The van der Waals surface area contributed by atoms with Crippen molar-refractivity contribution in [3.05, 3.63) is 182 Å². The van der Waals surface area contributed by atoms with Crippen LogP contribution in [0, 0.1) is 27.8 Å². The highest BCUT2D eigenvalue weighted by molar-refractivity contribution is 14.1. The zero-order chi connectivity index (χ0) is 82.2. The van der Waals surface area contributed by atoms with Crippen LogP contribution in [0.4, 0.5) is 30.6 Å². The van der Waals surface area contributed by atoms with Crippen molar-refractivity contribution in [2.24, 2.45) is 0 Å². The van der Waals surface area contributed by atoms with Crippen LogP contribution in [-0.2, 0) is 18.9 Å². The quantitative estimate of drug-likeness (QED) is 0.0404. The number of amides is 4. The highest BCUT2D eigenvalue weighted by Crippen LogP contribution is 2.39. The number of H-pyrrole nitrogens is 4. The summed E-state index contributed by atoms with van der Waals surface area (Å²) in [4.78, 5) is 86.1. The van der Waals surface area contributed by atoms with Crippen molar-refractivity contribution < 1.29 is 55.5 Å². The molecule has 116 heavy (non-hydrogen) atoms. The van der Waals surface area contributed by atoms with Gasteiger partial charge in [-0.2, -0.15) is 4.98 Å². The van der Waals surface area contributed by atoms with Gasteiger partial charge in [-0.25, -0.2) is 29.1 Å². The van der Waals surface area contributed by atoms with Crippen molar-refractivity contribution in [2.45, 2.75) is 200 Å². The van der Waals surface area contributed by atoms with Crippen molar-refractivity contribution in [2.75, 3.05) is 44.2 Å². The number of nitrogen functional groups attached to an aromatic ring is 2. The van der Waals surface area contributed by atoms with Crippen LogP contribution in [0.1, 0.15) is 188 Å². The van der Waals surface area contributed by atoms with E-state index in [-0.39, 0.29) is 78.5 Å². The van der Waals surface area contributed by atoms with E-state index in [9.17, 15) is 19.2 Å². The Bertz CT molecular complexity index is 5060. The Morgan fingerprint density at radius 2 is 0.914 bits per heavy atom. The van der Waals surface area contributed by atoms with Gasteiger partial charge in [0.15, 0.2) is 16.5 Å². The van der Waals surface area contributed by atoms with E-state index in [1.54, 1.807) is 39.4 Å². The van der Waals surface area contributed by atoms with Crippen LogP contribution in [0.5, 0.6) is 0 Å². The number of hydrogen-bond donors (Lipinski definition) is 6. The second-order valence-electron chi connectivity index (χ2n) is 32.2.